The maximum atomic E-state index is 6.06. The van der Waals surface area contributed by atoms with Crippen molar-refractivity contribution in [2.24, 2.45) is 0 Å². The van der Waals surface area contributed by atoms with Crippen LogP contribution >= 0.6 is 0 Å². The van der Waals surface area contributed by atoms with Crippen molar-refractivity contribution < 1.29 is 18.9 Å². The lowest BCUT2D eigenvalue weighted by atomic mass is 10.2. The first-order chi connectivity index (χ1) is 12.2. The molecule has 0 aliphatic heterocycles. The van der Waals surface area contributed by atoms with E-state index in [1.54, 1.807) is 13.2 Å². The largest absolute Gasteiger partial charge is 0.497 e. The van der Waals surface area contributed by atoms with Crippen LogP contribution in [-0.2, 0) is 16.1 Å². The van der Waals surface area contributed by atoms with Gasteiger partial charge in [0.1, 0.15) is 23.7 Å². The standard InChI is InChI=1S/C21H26O4/c1-4-14-23-16-21(17(2)25-20-8-6-5-7-9-20)24-15-18-10-12-19(22-3)13-11-18/h4-13,17,21H,1,14-16H2,2-3H3/t17-,21?/m0/s1. The lowest BCUT2D eigenvalue weighted by Gasteiger charge is -2.25. The molecule has 134 valence electrons. The molecule has 0 radical (unpaired) electrons. The third kappa shape index (κ3) is 6.61. The van der Waals surface area contributed by atoms with Gasteiger partial charge >= 0.3 is 0 Å². The van der Waals surface area contributed by atoms with Crippen molar-refractivity contribution in [1.82, 2.24) is 0 Å². The van der Waals surface area contributed by atoms with Gasteiger partial charge in [-0.2, -0.15) is 0 Å². The third-order valence-corrected chi connectivity index (χ3v) is 3.73. The minimum absolute atomic E-state index is 0.148. The van der Waals surface area contributed by atoms with Crippen LogP contribution in [-0.4, -0.2) is 32.5 Å². The predicted octanol–water partition coefficient (Wildman–Crippen LogP) is 4.25. The first-order valence-corrected chi connectivity index (χ1v) is 8.37. The summed E-state index contributed by atoms with van der Waals surface area (Å²) in [6.45, 7) is 7.07. The van der Waals surface area contributed by atoms with Gasteiger partial charge in [0.25, 0.3) is 0 Å². The molecule has 0 heterocycles. The molecule has 25 heavy (non-hydrogen) atoms. The predicted molar refractivity (Wildman–Crippen MR) is 99.1 cm³/mol. The molecule has 2 aromatic carbocycles. The lowest BCUT2D eigenvalue weighted by molar-refractivity contribution is -0.0689. The molecule has 0 amide bonds. The molecule has 4 heteroatoms. The van der Waals surface area contributed by atoms with Crippen LogP contribution < -0.4 is 9.47 Å². The Morgan fingerprint density at radius 2 is 1.72 bits per heavy atom. The Balaban J connectivity index is 1.94. The summed E-state index contributed by atoms with van der Waals surface area (Å²) in [6.07, 6.45) is 1.39. The fraction of sp³-hybridized carbons (Fsp3) is 0.333. The number of hydrogen-bond acceptors (Lipinski definition) is 4. The smallest absolute Gasteiger partial charge is 0.124 e. The summed E-state index contributed by atoms with van der Waals surface area (Å²) in [6, 6.07) is 17.5. The van der Waals surface area contributed by atoms with Gasteiger partial charge in [-0.05, 0) is 36.8 Å². The fourth-order valence-corrected chi connectivity index (χ4v) is 2.30. The van der Waals surface area contributed by atoms with E-state index in [1.165, 1.54) is 0 Å². The van der Waals surface area contributed by atoms with Crippen LogP contribution in [0.4, 0.5) is 0 Å². The zero-order valence-corrected chi connectivity index (χ0v) is 14.9. The molecule has 2 rings (SSSR count). The van der Waals surface area contributed by atoms with Crippen LogP contribution in [0.5, 0.6) is 11.5 Å². The van der Waals surface area contributed by atoms with Crippen LogP contribution in [0, 0.1) is 0 Å². The Bertz CT molecular complexity index is 610. The summed E-state index contributed by atoms with van der Waals surface area (Å²) >= 11 is 0. The first kappa shape index (κ1) is 19.0. The molecule has 2 aromatic rings. The molecule has 0 saturated carbocycles. The third-order valence-electron chi connectivity index (χ3n) is 3.73. The van der Waals surface area contributed by atoms with E-state index in [4.69, 9.17) is 18.9 Å². The molecular formula is C21H26O4. The highest BCUT2D eigenvalue weighted by molar-refractivity contribution is 5.26. The van der Waals surface area contributed by atoms with Gasteiger partial charge in [-0.1, -0.05) is 36.4 Å². The summed E-state index contributed by atoms with van der Waals surface area (Å²) in [5.74, 6) is 1.65. The monoisotopic (exact) mass is 342 g/mol. The Morgan fingerprint density at radius 1 is 1.00 bits per heavy atom. The highest BCUT2D eigenvalue weighted by atomic mass is 16.6. The quantitative estimate of drug-likeness (QED) is 0.452. The molecule has 0 aromatic heterocycles. The second-order valence-electron chi connectivity index (χ2n) is 5.66. The summed E-state index contributed by atoms with van der Waals surface area (Å²) < 4.78 is 22.8. The number of para-hydroxylation sites is 1. The van der Waals surface area contributed by atoms with Crippen LogP contribution in [0.25, 0.3) is 0 Å². The average Bonchev–Trinajstić information content (AvgIpc) is 2.65. The summed E-state index contributed by atoms with van der Waals surface area (Å²) in [5.41, 5.74) is 1.07. The second kappa shape index (κ2) is 10.5. The van der Waals surface area contributed by atoms with Gasteiger partial charge < -0.3 is 18.9 Å². The Hall–Kier alpha value is -2.30. The molecule has 1 unspecified atom stereocenters. The molecule has 0 N–H and O–H groups in total. The highest BCUT2D eigenvalue weighted by Gasteiger charge is 2.20. The van der Waals surface area contributed by atoms with Crippen molar-refractivity contribution in [3.63, 3.8) is 0 Å². The first-order valence-electron chi connectivity index (χ1n) is 8.37. The van der Waals surface area contributed by atoms with E-state index in [1.807, 2.05) is 61.5 Å². The van der Waals surface area contributed by atoms with E-state index >= 15 is 0 Å². The van der Waals surface area contributed by atoms with Crippen molar-refractivity contribution in [3.8, 4) is 11.5 Å². The maximum Gasteiger partial charge on any atom is 0.124 e. The van der Waals surface area contributed by atoms with Crippen LogP contribution in [0.3, 0.4) is 0 Å². The Morgan fingerprint density at radius 3 is 2.36 bits per heavy atom. The molecule has 0 bridgehead atoms. The van der Waals surface area contributed by atoms with Crippen LogP contribution in [0.15, 0.2) is 67.3 Å². The van der Waals surface area contributed by atoms with Gasteiger partial charge in [0.05, 0.1) is 26.9 Å². The SMILES string of the molecule is C=CCOCC(OCc1ccc(OC)cc1)[C@H](C)Oc1ccccc1. The highest BCUT2D eigenvalue weighted by Crippen LogP contribution is 2.17. The summed E-state index contributed by atoms with van der Waals surface area (Å²) in [7, 11) is 1.65. The van der Waals surface area contributed by atoms with Crippen LogP contribution in [0.2, 0.25) is 0 Å². The minimum atomic E-state index is -0.192. The number of ether oxygens (including phenoxy) is 4. The molecule has 4 nitrogen and oxygen atoms in total. The fourth-order valence-electron chi connectivity index (χ4n) is 2.30. The average molecular weight is 342 g/mol. The van der Waals surface area contributed by atoms with Crippen molar-refractivity contribution in [2.75, 3.05) is 20.3 Å². The minimum Gasteiger partial charge on any atom is -0.497 e. The zero-order chi connectivity index (χ0) is 17.9. The number of benzene rings is 2. The van der Waals surface area contributed by atoms with E-state index < -0.39 is 0 Å². The van der Waals surface area contributed by atoms with Gasteiger partial charge in [-0.25, -0.2) is 0 Å². The maximum absolute atomic E-state index is 6.06. The molecule has 0 fully saturated rings. The van der Waals surface area contributed by atoms with E-state index in [2.05, 4.69) is 6.58 Å². The van der Waals surface area contributed by atoms with E-state index in [9.17, 15) is 0 Å². The number of hydrogen-bond donors (Lipinski definition) is 0. The van der Waals surface area contributed by atoms with Crippen molar-refractivity contribution >= 4 is 0 Å². The Kier molecular flexibility index (Phi) is 8.02. The lowest BCUT2D eigenvalue weighted by Crippen LogP contribution is -2.35. The van der Waals surface area contributed by atoms with E-state index in [0.717, 1.165) is 17.1 Å². The van der Waals surface area contributed by atoms with Gasteiger partial charge in [0.2, 0.25) is 0 Å². The molecule has 0 saturated heterocycles. The van der Waals surface area contributed by atoms with Gasteiger partial charge in [0.15, 0.2) is 0 Å². The van der Waals surface area contributed by atoms with E-state index in [0.29, 0.717) is 19.8 Å². The van der Waals surface area contributed by atoms with Crippen LogP contribution in [0.1, 0.15) is 12.5 Å². The van der Waals surface area contributed by atoms with E-state index in [-0.39, 0.29) is 12.2 Å². The second-order valence-corrected chi connectivity index (χ2v) is 5.66. The molecule has 0 spiro atoms. The topological polar surface area (TPSA) is 36.9 Å². The summed E-state index contributed by atoms with van der Waals surface area (Å²) in [5, 5.41) is 0. The molecule has 2 atom stereocenters. The Labute approximate surface area is 150 Å². The van der Waals surface area contributed by atoms with Gasteiger partial charge in [0, 0.05) is 0 Å². The molecule has 0 aliphatic rings. The van der Waals surface area contributed by atoms with Crippen molar-refractivity contribution in [1.29, 1.82) is 0 Å². The molecular weight excluding hydrogens is 316 g/mol. The van der Waals surface area contributed by atoms with Gasteiger partial charge in [-0.3, -0.25) is 0 Å². The normalized spacial score (nSPS) is 13.0. The molecule has 0 aliphatic carbocycles. The number of rotatable bonds is 11. The number of methoxy groups -OCH3 is 1. The zero-order valence-electron chi connectivity index (χ0n) is 14.9. The van der Waals surface area contributed by atoms with Crippen molar-refractivity contribution in [3.05, 3.63) is 72.8 Å². The summed E-state index contributed by atoms with van der Waals surface area (Å²) in [4.78, 5) is 0. The van der Waals surface area contributed by atoms with Gasteiger partial charge in [-0.15, -0.1) is 6.58 Å². The van der Waals surface area contributed by atoms with Crippen molar-refractivity contribution in [2.45, 2.75) is 25.7 Å².